The Hall–Kier alpha value is -3.25. The molecule has 0 aromatic heterocycles. The Labute approximate surface area is 159 Å². The third kappa shape index (κ3) is 3.80. The summed E-state index contributed by atoms with van der Waals surface area (Å²) in [6, 6.07) is 15.5. The summed E-state index contributed by atoms with van der Waals surface area (Å²) in [5.74, 6) is -1.16. The Morgan fingerprint density at radius 2 is 1.81 bits per heavy atom. The second-order valence-electron chi connectivity index (χ2n) is 5.86. The number of nitro groups is 1. The third-order valence-electron chi connectivity index (χ3n) is 4.05. The second-order valence-corrected chi connectivity index (χ2v) is 6.26. The minimum absolute atomic E-state index is 0.00551. The SMILES string of the molecule is Cc1ccccc1C(=O)c1ccc(Nc2cccc(F)c2[N+](=O)[O-])cc1Cl. The number of nitro benzene ring substituents is 1. The number of aryl methyl sites for hydroxylation is 1. The number of anilines is 2. The van der Waals surface area contributed by atoms with Gasteiger partial charge in [0.2, 0.25) is 5.82 Å². The fourth-order valence-corrected chi connectivity index (χ4v) is 2.97. The van der Waals surface area contributed by atoms with E-state index < -0.39 is 16.4 Å². The number of para-hydroxylation sites is 1. The maximum Gasteiger partial charge on any atom is 0.327 e. The van der Waals surface area contributed by atoms with E-state index in [4.69, 9.17) is 11.6 Å². The highest BCUT2D eigenvalue weighted by Crippen LogP contribution is 2.32. The fourth-order valence-electron chi connectivity index (χ4n) is 2.71. The Kier molecular flexibility index (Phi) is 5.19. The van der Waals surface area contributed by atoms with Gasteiger partial charge in [-0.2, -0.15) is 4.39 Å². The van der Waals surface area contributed by atoms with Gasteiger partial charge in [0.25, 0.3) is 0 Å². The van der Waals surface area contributed by atoms with Gasteiger partial charge in [0, 0.05) is 16.8 Å². The van der Waals surface area contributed by atoms with Gasteiger partial charge in [0.1, 0.15) is 5.69 Å². The number of carbonyl (C=O) groups excluding carboxylic acids is 1. The molecule has 3 aromatic carbocycles. The van der Waals surface area contributed by atoms with Crippen LogP contribution >= 0.6 is 11.6 Å². The van der Waals surface area contributed by atoms with Crippen molar-refractivity contribution in [3.05, 3.63) is 98.3 Å². The van der Waals surface area contributed by atoms with E-state index in [-0.39, 0.29) is 16.5 Å². The first kappa shape index (κ1) is 18.5. The standard InChI is InChI=1S/C20H14ClFN2O3/c1-12-5-2-3-6-14(12)20(25)15-10-9-13(11-16(15)21)23-18-8-4-7-17(22)19(18)24(26)27/h2-11,23H,1H3. The van der Waals surface area contributed by atoms with Crippen molar-refractivity contribution in [1.82, 2.24) is 0 Å². The summed E-state index contributed by atoms with van der Waals surface area (Å²) >= 11 is 6.26. The fraction of sp³-hybridized carbons (Fsp3) is 0.0500. The molecule has 0 unspecified atom stereocenters. The van der Waals surface area contributed by atoms with Crippen molar-refractivity contribution in [2.24, 2.45) is 0 Å². The zero-order chi connectivity index (χ0) is 19.6. The lowest BCUT2D eigenvalue weighted by Crippen LogP contribution is -2.05. The molecule has 1 N–H and O–H groups in total. The number of nitrogens with zero attached hydrogens (tertiary/aromatic N) is 1. The van der Waals surface area contributed by atoms with Gasteiger partial charge in [-0.3, -0.25) is 14.9 Å². The molecule has 0 amide bonds. The van der Waals surface area contributed by atoms with E-state index in [9.17, 15) is 19.3 Å². The van der Waals surface area contributed by atoms with E-state index in [2.05, 4.69) is 5.32 Å². The molecule has 0 spiro atoms. The minimum Gasteiger partial charge on any atom is -0.350 e. The summed E-state index contributed by atoms with van der Waals surface area (Å²) in [5, 5.41) is 14.0. The summed E-state index contributed by atoms with van der Waals surface area (Å²) in [5.41, 5.74) is 1.42. The van der Waals surface area contributed by atoms with Crippen molar-refractivity contribution < 1.29 is 14.1 Å². The van der Waals surface area contributed by atoms with E-state index in [1.165, 1.54) is 24.3 Å². The van der Waals surface area contributed by atoms with E-state index >= 15 is 0 Å². The molecule has 0 atom stereocenters. The van der Waals surface area contributed by atoms with Gasteiger partial charge in [-0.1, -0.05) is 41.9 Å². The molecule has 0 aliphatic rings. The topological polar surface area (TPSA) is 72.2 Å². The molecule has 3 aromatic rings. The Balaban J connectivity index is 1.93. The smallest absolute Gasteiger partial charge is 0.327 e. The lowest BCUT2D eigenvalue weighted by Gasteiger charge is -2.11. The molecule has 7 heteroatoms. The molecule has 0 saturated carbocycles. The molecule has 136 valence electrons. The normalized spacial score (nSPS) is 10.5. The van der Waals surface area contributed by atoms with Crippen LogP contribution in [-0.4, -0.2) is 10.7 Å². The zero-order valence-corrected chi connectivity index (χ0v) is 15.0. The van der Waals surface area contributed by atoms with E-state index in [1.807, 2.05) is 19.1 Å². The number of benzene rings is 3. The highest BCUT2D eigenvalue weighted by molar-refractivity contribution is 6.35. The van der Waals surface area contributed by atoms with Crippen LogP contribution < -0.4 is 5.32 Å². The average molecular weight is 385 g/mol. The highest BCUT2D eigenvalue weighted by Gasteiger charge is 2.20. The van der Waals surface area contributed by atoms with Crippen molar-refractivity contribution in [2.75, 3.05) is 5.32 Å². The van der Waals surface area contributed by atoms with Crippen LogP contribution in [0.4, 0.5) is 21.5 Å². The van der Waals surface area contributed by atoms with Gasteiger partial charge in [-0.05, 0) is 42.8 Å². The summed E-state index contributed by atoms with van der Waals surface area (Å²) in [6.45, 7) is 1.83. The predicted octanol–water partition coefficient (Wildman–Crippen LogP) is 5.67. The third-order valence-corrected chi connectivity index (χ3v) is 4.36. The van der Waals surface area contributed by atoms with Gasteiger partial charge in [-0.25, -0.2) is 0 Å². The lowest BCUT2D eigenvalue weighted by atomic mass is 9.99. The highest BCUT2D eigenvalue weighted by atomic mass is 35.5. The summed E-state index contributed by atoms with van der Waals surface area (Å²) in [6.07, 6.45) is 0. The molecule has 0 aliphatic carbocycles. The summed E-state index contributed by atoms with van der Waals surface area (Å²) < 4.78 is 13.7. The van der Waals surface area contributed by atoms with Crippen LogP contribution in [0.2, 0.25) is 5.02 Å². The lowest BCUT2D eigenvalue weighted by molar-refractivity contribution is -0.386. The number of ketones is 1. The molecule has 3 rings (SSSR count). The second kappa shape index (κ2) is 7.55. The van der Waals surface area contributed by atoms with Gasteiger partial charge in [0.15, 0.2) is 5.78 Å². The van der Waals surface area contributed by atoms with Gasteiger partial charge < -0.3 is 5.32 Å². The largest absolute Gasteiger partial charge is 0.350 e. The van der Waals surface area contributed by atoms with Crippen LogP contribution in [0.5, 0.6) is 0 Å². The molecule has 0 radical (unpaired) electrons. The Morgan fingerprint density at radius 3 is 2.48 bits per heavy atom. The van der Waals surface area contributed by atoms with E-state index in [1.54, 1.807) is 18.2 Å². The Morgan fingerprint density at radius 1 is 1.07 bits per heavy atom. The molecule has 0 bridgehead atoms. The van der Waals surface area contributed by atoms with Crippen LogP contribution in [0.15, 0.2) is 60.7 Å². The molecule has 27 heavy (non-hydrogen) atoms. The summed E-state index contributed by atoms with van der Waals surface area (Å²) in [4.78, 5) is 23.0. The number of nitrogens with one attached hydrogen (secondary N) is 1. The quantitative estimate of drug-likeness (QED) is 0.349. The molecular weight excluding hydrogens is 371 g/mol. The zero-order valence-electron chi connectivity index (χ0n) is 14.2. The number of rotatable bonds is 5. The van der Waals surface area contributed by atoms with E-state index in [0.29, 0.717) is 16.8 Å². The molecule has 0 heterocycles. The van der Waals surface area contributed by atoms with Crippen molar-refractivity contribution in [3.63, 3.8) is 0 Å². The van der Waals surface area contributed by atoms with Crippen LogP contribution in [0, 0.1) is 22.9 Å². The summed E-state index contributed by atoms with van der Waals surface area (Å²) in [7, 11) is 0. The van der Waals surface area contributed by atoms with Gasteiger partial charge in [-0.15, -0.1) is 0 Å². The van der Waals surface area contributed by atoms with Crippen molar-refractivity contribution in [2.45, 2.75) is 6.92 Å². The maximum atomic E-state index is 13.7. The molecule has 5 nitrogen and oxygen atoms in total. The number of hydrogen-bond donors (Lipinski definition) is 1. The van der Waals surface area contributed by atoms with Crippen molar-refractivity contribution in [3.8, 4) is 0 Å². The molecule has 0 fully saturated rings. The number of halogens is 2. The minimum atomic E-state index is -0.942. The Bertz CT molecular complexity index is 1050. The first-order valence-electron chi connectivity index (χ1n) is 7.98. The number of hydrogen-bond acceptors (Lipinski definition) is 4. The molecule has 0 aliphatic heterocycles. The van der Waals surface area contributed by atoms with Crippen LogP contribution in [0.25, 0.3) is 0 Å². The van der Waals surface area contributed by atoms with E-state index in [0.717, 1.165) is 11.6 Å². The molecule has 0 saturated heterocycles. The van der Waals surface area contributed by atoms with Crippen molar-refractivity contribution in [1.29, 1.82) is 0 Å². The van der Waals surface area contributed by atoms with Crippen LogP contribution in [0.3, 0.4) is 0 Å². The monoisotopic (exact) mass is 384 g/mol. The van der Waals surface area contributed by atoms with Gasteiger partial charge >= 0.3 is 5.69 Å². The number of carbonyl (C=O) groups is 1. The van der Waals surface area contributed by atoms with Crippen LogP contribution in [-0.2, 0) is 0 Å². The predicted molar refractivity (Wildman–Crippen MR) is 102 cm³/mol. The van der Waals surface area contributed by atoms with Crippen LogP contribution in [0.1, 0.15) is 21.5 Å². The van der Waals surface area contributed by atoms with Crippen molar-refractivity contribution >= 4 is 34.4 Å². The maximum absolute atomic E-state index is 13.7. The average Bonchev–Trinajstić information content (AvgIpc) is 2.61. The first-order chi connectivity index (χ1) is 12.9. The molecular formula is C20H14ClFN2O3. The van der Waals surface area contributed by atoms with Gasteiger partial charge in [0.05, 0.1) is 9.95 Å². The first-order valence-corrected chi connectivity index (χ1v) is 8.36.